The molecule has 1 unspecified atom stereocenters. The van der Waals surface area contributed by atoms with Gasteiger partial charge in [0, 0.05) is 12.0 Å². The largest absolute Gasteiger partial charge is 0.392 e. The maximum Gasteiger partial charge on any atom is 0.0656 e. The first-order valence-corrected chi connectivity index (χ1v) is 6.80. The van der Waals surface area contributed by atoms with Gasteiger partial charge in [-0.15, -0.1) is 0 Å². The zero-order valence-corrected chi connectivity index (χ0v) is 11.3. The van der Waals surface area contributed by atoms with E-state index in [1.54, 1.807) is 0 Å². The van der Waals surface area contributed by atoms with Gasteiger partial charge in [-0.1, -0.05) is 52.9 Å². The Hall–Kier alpha value is -0.0800. The average molecular weight is 227 g/mol. The van der Waals surface area contributed by atoms with E-state index in [0.29, 0.717) is 6.54 Å². The highest BCUT2D eigenvalue weighted by Gasteiger charge is 2.42. The molecule has 1 atom stereocenters. The number of hydrogen-bond acceptors (Lipinski definition) is 2. The van der Waals surface area contributed by atoms with Gasteiger partial charge < -0.3 is 10.8 Å². The molecule has 0 radical (unpaired) electrons. The predicted octanol–water partition coefficient (Wildman–Crippen LogP) is 3.08. The molecule has 0 aromatic rings. The van der Waals surface area contributed by atoms with E-state index in [0.717, 1.165) is 12.8 Å². The summed E-state index contributed by atoms with van der Waals surface area (Å²) in [5, 5.41) is 10.6. The fourth-order valence-corrected chi connectivity index (χ4v) is 3.12. The molecule has 0 aromatic heterocycles. The zero-order chi connectivity index (χ0) is 12.2. The van der Waals surface area contributed by atoms with E-state index in [9.17, 15) is 5.11 Å². The van der Waals surface area contributed by atoms with Crippen molar-refractivity contribution >= 4 is 0 Å². The Labute approximate surface area is 101 Å². The van der Waals surface area contributed by atoms with Crippen molar-refractivity contribution in [1.82, 2.24) is 0 Å². The van der Waals surface area contributed by atoms with Gasteiger partial charge in [-0.25, -0.2) is 0 Å². The fraction of sp³-hybridized carbons (Fsp3) is 1.00. The zero-order valence-electron chi connectivity index (χ0n) is 11.3. The fourth-order valence-electron chi connectivity index (χ4n) is 3.12. The minimum Gasteiger partial charge on any atom is -0.392 e. The van der Waals surface area contributed by atoms with Crippen LogP contribution in [0.25, 0.3) is 0 Å². The second-order valence-corrected chi connectivity index (χ2v) is 6.60. The summed E-state index contributed by atoms with van der Waals surface area (Å²) in [5.74, 6) is 0. The van der Waals surface area contributed by atoms with Gasteiger partial charge in [0.15, 0.2) is 0 Å². The van der Waals surface area contributed by atoms with Gasteiger partial charge in [0.05, 0.1) is 6.10 Å². The maximum atomic E-state index is 10.6. The topological polar surface area (TPSA) is 46.2 Å². The third-order valence-corrected chi connectivity index (χ3v) is 4.16. The Bertz CT molecular complexity index is 199. The lowest BCUT2D eigenvalue weighted by atomic mass is 9.65. The minimum absolute atomic E-state index is 0.0291. The van der Waals surface area contributed by atoms with Crippen LogP contribution in [0.3, 0.4) is 0 Å². The predicted molar refractivity (Wildman–Crippen MR) is 69.3 cm³/mol. The molecule has 0 amide bonds. The number of aliphatic hydroxyl groups is 1. The molecule has 1 fully saturated rings. The van der Waals surface area contributed by atoms with Gasteiger partial charge >= 0.3 is 0 Å². The molecule has 96 valence electrons. The van der Waals surface area contributed by atoms with Crippen molar-refractivity contribution in [2.24, 2.45) is 16.6 Å². The number of aliphatic hydroxyl groups excluding tert-OH is 1. The van der Waals surface area contributed by atoms with Gasteiger partial charge in [0.1, 0.15) is 0 Å². The Morgan fingerprint density at radius 3 is 1.88 bits per heavy atom. The Kier molecular flexibility index (Phi) is 4.81. The normalized spacial score (nSPS) is 24.6. The molecule has 1 rings (SSSR count). The van der Waals surface area contributed by atoms with E-state index in [2.05, 4.69) is 20.8 Å². The van der Waals surface area contributed by atoms with Crippen molar-refractivity contribution in [3.63, 3.8) is 0 Å². The van der Waals surface area contributed by atoms with Crippen LogP contribution in [0, 0.1) is 10.8 Å². The highest BCUT2D eigenvalue weighted by molar-refractivity contribution is 4.93. The van der Waals surface area contributed by atoms with Crippen LogP contribution in [0.2, 0.25) is 0 Å². The van der Waals surface area contributed by atoms with Crippen LogP contribution in [-0.4, -0.2) is 17.8 Å². The Balaban J connectivity index is 2.80. The minimum atomic E-state index is -0.275. The van der Waals surface area contributed by atoms with Crippen LogP contribution in [0.5, 0.6) is 0 Å². The molecule has 0 heterocycles. The number of rotatable bonds is 2. The first-order chi connectivity index (χ1) is 7.42. The van der Waals surface area contributed by atoms with E-state index in [1.807, 2.05) is 0 Å². The molecule has 0 bridgehead atoms. The van der Waals surface area contributed by atoms with Gasteiger partial charge in [-0.05, 0) is 18.3 Å². The van der Waals surface area contributed by atoms with Crippen LogP contribution in [0.1, 0.15) is 65.7 Å². The Morgan fingerprint density at radius 2 is 1.50 bits per heavy atom. The molecule has 0 saturated heterocycles. The summed E-state index contributed by atoms with van der Waals surface area (Å²) in [5.41, 5.74) is 5.91. The Morgan fingerprint density at radius 1 is 1.06 bits per heavy atom. The summed E-state index contributed by atoms with van der Waals surface area (Å²) in [7, 11) is 0. The standard InChI is InChI=1S/C14H29NO/c1-13(2,3)12(16)14(11-15)9-7-5-4-6-8-10-14/h12,16H,4-11,15H2,1-3H3. The molecular formula is C14H29NO. The molecule has 2 nitrogen and oxygen atoms in total. The van der Waals surface area contributed by atoms with E-state index < -0.39 is 0 Å². The van der Waals surface area contributed by atoms with Gasteiger partial charge in [-0.2, -0.15) is 0 Å². The van der Waals surface area contributed by atoms with Crippen LogP contribution in [-0.2, 0) is 0 Å². The van der Waals surface area contributed by atoms with Crippen molar-refractivity contribution in [2.75, 3.05) is 6.54 Å². The van der Waals surface area contributed by atoms with Crippen molar-refractivity contribution in [1.29, 1.82) is 0 Å². The monoisotopic (exact) mass is 227 g/mol. The van der Waals surface area contributed by atoms with Crippen molar-refractivity contribution in [2.45, 2.75) is 71.8 Å². The summed E-state index contributed by atoms with van der Waals surface area (Å²) >= 11 is 0. The molecule has 16 heavy (non-hydrogen) atoms. The van der Waals surface area contributed by atoms with Crippen molar-refractivity contribution < 1.29 is 5.11 Å². The summed E-state index contributed by atoms with van der Waals surface area (Å²) in [6.45, 7) is 6.99. The first-order valence-electron chi connectivity index (χ1n) is 6.80. The molecule has 1 aliphatic carbocycles. The van der Waals surface area contributed by atoms with Gasteiger partial charge in [0.25, 0.3) is 0 Å². The lowest BCUT2D eigenvalue weighted by Crippen LogP contribution is -2.48. The van der Waals surface area contributed by atoms with E-state index >= 15 is 0 Å². The lowest BCUT2D eigenvalue weighted by Gasteiger charge is -2.44. The van der Waals surface area contributed by atoms with Gasteiger partial charge in [0.2, 0.25) is 0 Å². The quantitative estimate of drug-likeness (QED) is 0.761. The summed E-state index contributed by atoms with van der Waals surface area (Å²) in [6.07, 6.45) is 8.34. The van der Waals surface area contributed by atoms with Crippen LogP contribution < -0.4 is 5.73 Å². The average Bonchev–Trinajstić information content (AvgIpc) is 2.16. The number of hydrogen-bond donors (Lipinski definition) is 2. The third kappa shape index (κ3) is 3.21. The molecule has 2 heteroatoms. The molecule has 0 spiro atoms. The van der Waals surface area contributed by atoms with E-state index in [4.69, 9.17) is 5.73 Å². The molecule has 1 aliphatic rings. The van der Waals surface area contributed by atoms with E-state index in [-0.39, 0.29) is 16.9 Å². The highest BCUT2D eigenvalue weighted by Crippen LogP contribution is 2.42. The van der Waals surface area contributed by atoms with Crippen LogP contribution in [0.15, 0.2) is 0 Å². The molecule has 3 N–H and O–H groups in total. The SMILES string of the molecule is CC(C)(C)C(O)C1(CN)CCCCCCC1. The second kappa shape index (κ2) is 5.50. The van der Waals surface area contributed by atoms with Crippen LogP contribution in [0.4, 0.5) is 0 Å². The smallest absolute Gasteiger partial charge is 0.0656 e. The summed E-state index contributed by atoms with van der Waals surface area (Å²) in [6, 6.07) is 0. The molecular weight excluding hydrogens is 198 g/mol. The van der Waals surface area contributed by atoms with Crippen LogP contribution >= 0.6 is 0 Å². The third-order valence-electron chi connectivity index (χ3n) is 4.16. The highest BCUT2D eigenvalue weighted by atomic mass is 16.3. The maximum absolute atomic E-state index is 10.6. The lowest BCUT2D eigenvalue weighted by molar-refractivity contribution is -0.0594. The van der Waals surface area contributed by atoms with E-state index in [1.165, 1.54) is 32.1 Å². The summed E-state index contributed by atoms with van der Waals surface area (Å²) < 4.78 is 0. The molecule has 1 saturated carbocycles. The van der Waals surface area contributed by atoms with Gasteiger partial charge in [-0.3, -0.25) is 0 Å². The van der Waals surface area contributed by atoms with Crippen molar-refractivity contribution in [3.05, 3.63) is 0 Å². The number of nitrogens with two attached hydrogens (primary N) is 1. The molecule has 0 aliphatic heterocycles. The second-order valence-electron chi connectivity index (χ2n) is 6.60. The summed E-state index contributed by atoms with van der Waals surface area (Å²) in [4.78, 5) is 0. The first kappa shape index (κ1) is 14.0. The van der Waals surface area contributed by atoms with Crippen molar-refractivity contribution in [3.8, 4) is 0 Å². The molecule has 0 aromatic carbocycles.